The molecule has 2 aromatic heterocycles. The Labute approximate surface area is 126 Å². The Bertz CT molecular complexity index is 790. The fourth-order valence-corrected chi connectivity index (χ4v) is 3.71. The molecule has 21 heavy (non-hydrogen) atoms. The molecular formula is C16H16N2O2S. The van der Waals surface area contributed by atoms with E-state index in [4.69, 9.17) is 0 Å². The molecule has 1 unspecified atom stereocenters. The predicted molar refractivity (Wildman–Crippen MR) is 84.2 cm³/mol. The monoisotopic (exact) mass is 300 g/mol. The minimum atomic E-state index is -0.914. The van der Waals surface area contributed by atoms with Crippen LogP contribution in [0.25, 0.3) is 11.0 Å². The largest absolute Gasteiger partial charge is 0.478 e. The van der Waals surface area contributed by atoms with Gasteiger partial charge in [0, 0.05) is 4.88 Å². The first-order valence-corrected chi connectivity index (χ1v) is 7.75. The number of nitrogens with zero attached hydrogens (tertiary/aromatic N) is 2. The SMILES string of the molecule is CCC(c1cccs1)n1c(C)nc2cccc(C(=O)O)c21. The van der Waals surface area contributed by atoms with Gasteiger partial charge in [0.15, 0.2) is 0 Å². The number of aromatic carboxylic acids is 1. The minimum absolute atomic E-state index is 0.121. The lowest BCUT2D eigenvalue weighted by atomic mass is 10.1. The Hall–Kier alpha value is -2.14. The molecule has 0 spiro atoms. The van der Waals surface area contributed by atoms with Gasteiger partial charge >= 0.3 is 5.97 Å². The van der Waals surface area contributed by atoms with Gasteiger partial charge in [0.05, 0.1) is 22.6 Å². The van der Waals surface area contributed by atoms with Crippen molar-refractivity contribution in [3.63, 3.8) is 0 Å². The Morgan fingerprint density at radius 3 is 2.81 bits per heavy atom. The van der Waals surface area contributed by atoms with Gasteiger partial charge in [0.25, 0.3) is 0 Å². The van der Waals surface area contributed by atoms with Gasteiger partial charge in [-0.25, -0.2) is 9.78 Å². The highest BCUT2D eigenvalue weighted by molar-refractivity contribution is 7.10. The molecule has 0 bridgehead atoms. The van der Waals surface area contributed by atoms with Gasteiger partial charge < -0.3 is 9.67 Å². The van der Waals surface area contributed by atoms with Crippen molar-refractivity contribution >= 4 is 28.3 Å². The van der Waals surface area contributed by atoms with Crippen molar-refractivity contribution in [2.75, 3.05) is 0 Å². The van der Waals surface area contributed by atoms with E-state index in [1.807, 2.05) is 24.4 Å². The number of imidazole rings is 1. The average molecular weight is 300 g/mol. The van der Waals surface area contributed by atoms with E-state index in [1.54, 1.807) is 23.5 Å². The number of rotatable bonds is 4. The summed E-state index contributed by atoms with van der Waals surface area (Å²) < 4.78 is 2.06. The van der Waals surface area contributed by atoms with E-state index in [0.717, 1.165) is 17.8 Å². The molecule has 0 radical (unpaired) electrons. The van der Waals surface area contributed by atoms with Gasteiger partial charge in [-0.05, 0) is 36.9 Å². The first-order valence-electron chi connectivity index (χ1n) is 6.87. The molecule has 4 nitrogen and oxygen atoms in total. The van der Waals surface area contributed by atoms with Crippen LogP contribution in [0.1, 0.15) is 40.4 Å². The smallest absolute Gasteiger partial charge is 0.337 e. The molecule has 2 heterocycles. The zero-order valence-corrected chi connectivity index (χ0v) is 12.7. The number of carboxylic acids is 1. The third-order valence-corrected chi connectivity index (χ3v) is 4.66. The topological polar surface area (TPSA) is 55.1 Å². The number of hydrogen-bond donors (Lipinski definition) is 1. The van der Waals surface area contributed by atoms with Crippen LogP contribution < -0.4 is 0 Å². The molecule has 0 amide bonds. The van der Waals surface area contributed by atoms with E-state index in [2.05, 4.69) is 22.5 Å². The van der Waals surface area contributed by atoms with Crippen LogP contribution in [0.2, 0.25) is 0 Å². The summed E-state index contributed by atoms with van der Waals surface area (Å²) in [5.41, 5.74) is 1.76. The summed E-state index contributed by atoms with van der Waals surface area (Å²) in [7, 11) is 0. The molecule has 0 aliphatic carbocycles. The van der Waals surface area contributed by atoms with Crippen molar-refractivity contribution in [2.24, 2.45) is 0 Å². The summed E-state index contributed by atoms with van der Waals surface area (Å²) >= 11 is 1.69. The van der Waals surface area contributed by atoms with E-state index in [0.29, 0.717) is 11.1 Å². The van der Waals surface area contributed by atoms with Crippen LogP contribution >= 0.6 is 11.3 Å². The Balaban J connectivity index is 2.31. The molecule has 0 saturated carbocycles. The molecule has 1 N–H and O–H groups in total. The van der Waals surface area contributed by atoms with Crippen LogP contribution in [0.4, 0.5) is 0 Å². The molecule has 3 rings (SSSR count). The normalized spacial score (nSPS) is 12.7. The number of carboxylic acid groups (broad SMARTS) is 1. The Morgan fingerprint density at radius 2 is 2.19 bits per heavy atom. The standard InChI is InChI=1S/C16H16N2O2S/c1-3-13(14-8-5-9-21-14)18-10(2)17-12-7-4-6-11(15(12)18)16(19)20/h4-9,13H,3H2,1-2H3,(H,19,20). The number of benzene rings is 1. The number of aromatic nitrogens is 2. The first-order chi connectivity index (χ1) is 10.1. The van der Waals surface area contributed by atoms with Gasteiger partial charge in [-0.3, -0.25) is 0 Å². The second-order valence-corrected chi connectivity index (χ2v) is 5.93. The van der Waals surface area contributed by atoms with E-state index in [9.17, 15) is 9.90 Å². The molecule has 0 saturated heterocycles. The molecule has 0 fully saturated rings. The van der Waals surface area contributed by atoms with Crippen molar-refractivity contribution in [1.29, 1.82) is 0 Å². The molecule has 1 aromatic carbocycles. The fourth-order valence-electron chi connectivity index (χ4n) is 2.81. The summed E-state index contributed by atoms with van der Waals surface area (Å²) in [6, 6.07) is 9.49. The Morgan fingerprint density at radius 1 is 1.38 bits per heavy atom. The third kappa shape index (κ3) is 2.23. The van der Waals surface area contributed by atoms with Crippen LogP contribution in [-0.2, 0) is 0 Å². The van der Waals surface area contributed by atoms with Crippen LogP contribution in [-0.4, -0.2) is 20.6 Å². The third-order valence-electron chi connectivity index (χ3n) is 3.69. The lowest BCUT2D eigenvalue weighted by Crippen LogP contribution is -2.12. The lowest BCUT2D eigenvalue weighted by Gasteiger charge is -2.19. The van der Waals surface area contributed by atoms with Crippen LogP contribution in [0, 0.1) is 6.92 Å². The lowest BCUT2D eigenvalue weighted by molar-refractivity contribution is 0.0698. The van der Waals surface area contributed by atoms with Gasteiger partial charge in [-0.2, -0.15) is 0 Å². The van der Waals surface area contributed by atoms with Crippen LogP contribution in [0.5, 0.6) is 0 Å². The van der Waals surface area contributed by atoms with E-state index < -0.39 is 5.97 Å². The maximum Gasteiger partial charge on any atom is 0.337 e. The molecule has 1 atom stereocenters. The predicted octanol–water partition coefficient (Wildman–Crippen LogP) is 4.10. The van der Waals surface area contributed by atoms with Crippen molar-refractivity contribution < 1.29 is 9.90 Å². The quantitative estimate of drug-likeness (QED) is 0.789. The second kappa shape index (κ2) is 5.33. The number of aryl methyl sites for hydroxylation is 1. The summed E-state index contributed by atoms with van der Waals surface area (Å²) in [5, 5.41) is 11.5. The molecular weight excluding hydrogens is 284 g/mol. The summed E-state index contributed by atoms with van der Waals surface area (Å²) in [4.78, 5) is 17.3. The Kier molecular flexibility index (Phi) is 3.51. The van der Waals surface area contributed by atoms with E-state index >= 15 is 0 Å². The highest BCUT2D eigenvalue weighted by Crippen LogP contribution is 2.32. The highest BCUT2D eigenvalue weighted by Gasteiger charge is 2.22. The molecule has 0 aliphatic rings. The summed E-state index contributed by atoms with van der Waals surface area (Å²) in [5.74, 6) is -0.0678. The van der Waals surface area contributed by atoms with Gasteiger partial charge in [-0.1, -0.05) is 19.1 Å². The van der Waals surface area contributed by atoms with Gasteiger partial charge in [-0.15, -0.1) is 11.3 Å². The van der Waals surface area contributed by atoms with Gasteiger partial charge in [0.1, 0.15) is 5.82 Å². The van der Waals surface area contributed by atoms with Crippen molar-refractivity contribution in [2.45, 2.75) is 26.3 Å². The van der Waals surface area contributed by atoms with Gasteiger partial charge in [0.2, 0.25) is 0 Å². The van der Waals surface area contributed by atoms with Crippen molar-refractivity contribution in [3.05, 3.63) is 52.0 Å². The number of para-hydroxylation sites is 1. The maximum atomic E-state index is 11.5. The molecule has 0 aliphatic heterocycles. The highest BCUT2D eigenvalue weighted by atomic mass is 32.1. The van der Waals surface area contributed by atoms with E-state index in [1.165, 1.54) is 4.88 Å². The van der Waals surface area contributed by atoms with Crippen molar-refractivity contribution in [3.8, 4) is 0 Å². The fraction of sp³-hybridized carbons (Fsp3) is 0.250. The molecule has 5 heteroatoms. The maximum absolute atomic E-state index is 11.5. The zero-order chi connectivity index (χ0) is 15.0. The zero-order valence-electron chi connectivity index (χ0n) is 11.9. The number of carbonyl (C=O) groups is 1. The number of fused-ring (bicyclic) bond motifs is 1. The van der Waals surface area contributed by atoms with E-state index in [-0.39, 0.29) is 6.04 Å². The minimum Gasteiger partial charge on any atom is -0.478 e. The molecule has 3 aromatic rings. The number of thiophene rings is 1. The summed E-state index contributed by atoms with van der Waals surface area (Å²) in [6.07, 6.45) is 0.890. The second-order valence-electron chi connectivity index (χ2n) is 4.95. The molecule has 108 valence electrons. The van der Waals surface area contributed by atoms with Crippen LogP contribution in [0.15, 0.2) is 35.7 Å². The van der Waals surface area contributed by atoms with Crippen LogP contribution in [0.3, 0.4) is 0 Å². The average Bonchev–Trinajstić information content (AvgIpc) is 3.08. The first kappa shape index (κ1) is 13.8. The van der Waals surface area contributed by atoms with Crippen molar-refractivity contribution in [1.82, 2.24) is 9.55 Å². The number of hydrogen-bond acceptors (Lipinski definition) is 3. The summed E-state index contributed by atoms with van der Waals surface area (Å²) in [6.45, 7) is 4.04.